The van der Waals surface area contributed by atoms with Crippen molar-refractivity contribution in [3.05, 3.63) is 58.3 Å². The van der Waals surface area contributed by atoms with Gasteiger partial charge in [-0.15, -0.1) is 11.3 Å². The van der Waals surface area contributed by atoms with Crippen LogP contribution < -0.4 is 5.32 Å². The predicted molar refractivity (Wildman–Crippen MR) is 97.0 cm³/mol. The number of nitrogens with one attached hydrogen (secondary N) is 1. The molecule has 0 spiro atoms. The number of thiophene rings is 1. The maximum absolute atomic E-state index is 13.7. The zero-order valence-corrected chi connectivity index (χ0v) is 14.9. The number of benzene rings is 1. The normalized spacial score (nSPS) is 11.4. The molecule has 24 heavy (non-hydrogen) atoms. The van der Waals surface area contributed by atoms with Crippen molar-refractivity contribution in [1.82, 2.24) is 9.88 Å². The number of aryl methyl sites for hydroxylation is 1. The number of amides is 1. The fraction of sp³-hybridized carbons (Fsp3) is 0.316. The second-order valence-electron chi connectivity index (χ2n) is 6.41. The lowest BCUT2D eigenvalue weighted by Crippen LogP contribution is -2.26. The molecule has 0 aliphatic carbocycles. The van der Waals surface area contributed by atoms with Crippen LogP contribution in [-0.4, -0.2) is 10.5 Å². The summed E-state index contributed by atoms with van der Waals surface area (Å²) in [6.07, 6.45) is 0. The van der Waals surface area contributed by atoms with Gasteiger partial charge >= 0.3 is 0 Å². The number of hydrogen-bond acceptors (Lipinski definition) is 2. The molecular formula is C19H21FN2OS. The largest absolute Gasteiger partial charge is 0.347 e. The smallest absolute Gasteiger partial charge is 0.268 e. The van der Waals surface area contributed by atoms with Crippen molar-refractivity contribution in [2.24, 2.45) is 5.92 Å². The van der Waals surface area contributed by atoms with Gasteiger partial charge in [-0.1, -0.05) is 32.0 Å². The number of hydrogen-bond donors (Lipinski definition) is 1. The molecule has 0 radical (unpaired) electrons. The lowest BCUT2D eigenvalue weighted by molar-refractivity contribution is 0.0941. The molecule has 0 unspecified atom stereocenters. The first-order valence-corrected chi connectivity index (χ1v) is 8.88. The Bertz CT molecular complexity index is 879. The summed E-state index contributed by atoms with van der Waals surface area (Å²) in [6.45, 7) is 7.30. The molecule has 1 N–H and O–H groups in total. The first kappa shape index (κ1) is 16.7. The van der Waals surface area contributed by atoms with Crippen LogP contribution in [0.3, 0.4) is 0 Å². The van der Waals surface area contributed by atoms with Crippen LogP contribution in [0.25, 0.3) is 10.2 Å². The minimum atomic E-state index is -0.299. The van der Waals surface area contributed by atoms with E-state index in [9.17, 15) is 9.18 Å². The van der Waals surface area contributed by atoms with Gasteiger partial charge in [0.25, 0.3) is 5.91 Å². The number of aromatic nitrogens is 1. The molecule has 5 heteroatoms. The monoisotopic (exact) mass is 344 g/mol. The standard InChI is InChI=1S/C19H21FN2OS/c1-12(2)11-22-16-8-13(3)24-18(16)9-17(22)19(23)21-10-14-6-4-5-7-15(14)20/h4-9,12H,10-11H2,1-3H3,(H,21,23). The molecule has 0 bridgehead atoms. The summed E-state index contributed by atoms with van der Waals surface area (Å²) in [4.78, 5) is 13.9. The quantitative estimate of drug-likeness (QED) is 0.713. The second kappa shape index (κ2) is 6.77. The molecule has 2 heterocycles. The third-order valence-electron chi connectivity index (χ3n) is 3.89. The zero-order valence-electron chi connectivity index (χ0n) is 14.1. The minimum absolute atomic E-state index is 0.167. The first-order chi connectivity index (χ1) is 11.5. The molecule has 2 aromatic heterocycles. The van der Waals surface area contributed by atoms with Crippen molar-refractivity contribution in [2.45, 2.75) is 33.9 Å². The number of halogens is 1. The van der Waals surface area contributed by atoms with Crippen molar-refractivity contribution in [3.8, 4) is 0 Å². The van der Waals surface area contributed by atoms with E-state index in [2.05, 4.69) is 36.7 Å². The first-order valence-electron chi connectivity index (χ1n) is 8.07. The summed E-state index contributed by atoms with van der Waals surface area (Å²) in [5.74, 6) is -0.0362. The summed E-state index contributed by atoms with van der Waals surface area (Å²) in [5.41, 5.74) is 2.23. The van der Waals surface area contributed by atoms with Gasteiger partial charge in [-0.25, -0.2) is 4.39 Å². The SMILES string of the molecule is Cc1cc2c(cc(C(=O)NCc3ccccc3F)n2CC(C)C)s1. The van der Waals surface area contributed by atoms with Crippen LogP contribution in [0.5, 0.6) is 0 Å². The van der Waals surface area contributed by atoms with Gasteiger partial charge in [0.2, 0.25) is 0 Å². The molecule has 1 aromatic carbocycles. The Morgan fingerprint density at radius 3 is 2.75 bits per heavy atom. The van der Waals surface area contributed by atoms with Gasteiger partial charge < -0.3 is 9.88 Å². The van der Waals surface area contributed by atoms with Gasteiger partial charge in [0.05, 0.1) is 10.2 Å². The van der Waals surface area contributed by atoms with Crippen molar-refractivity contribution >= 4 is 27.5 Å². The highest BCUT2D eigenvalue weighted by Gasteiger charge is 2.18. The van der Waals surface area contributed by atoms with Crippen LogP contribution in [0.4, 0.5) is 4.39 Å². The van der Waals surface area contributed by atoms with Gasteiger partial charge in [0, 0.05) is 23.5 Å². The molecular weight excluding hydrogens is 323 g/mol. The van der Waals surface area contributed by atoms with E-state index in [-0.39, 0.29) is 18.3 Å². The van der Waals surface area contributed by atoms with Gasteiger partial charge in [-0.3, -0.25) is 4.79 Å². The Labute approximate surface area is 145 Å². The van der Waals surface area contributed by atoms with E-state index in [1.165, 1.54) is 10.9 Å². The van der Waals surface area contributed by atoms with E-state index in [0.29, 0.717) is 17.2 Å². The van der Waals surface area contributed by atoms with Crippen molar-refractivity contribution < 1.29 is 9.18 Å². The number of carbonyl (C=O) groups excluding carboxylic acids is 1. The molecule has 0 saturated carbocycles. The Morgan fingerprint density at radius 1 is 1.29 bits per heavy atom. The highest BCUT2D eigenvalue weighted by atomic mass is 32.1. The van der Waals surface area contributed by atoms with Gasteiger partial charge in [-0.2, -0.15) is 0 Å². The Hall–Kier alpha value is -2.14. The summed E-state index contributed by atoms with van der Waals surface area (Å²) in [7, 11) is 0. The Morgan fingerprint density at radius 2 is 2.04 bits per heavy atom. The van der Waals surface area contributed by atoms with Crippen molar-refractivity contribution in [2.75, 3.05) is 0 Å². The number of carbonyl (C=O) groups is 1. The summed E-state index contributed by atoms with van der Waals surface area (Å²) >= 11 is 1.69. The molecule has 126 valence electrons. The van der Waals surface area contributed by atoms with Crippen molar-refractivity contribution in [1.29, 1.82) is 0 Å². The molecule has 0 saturated heterocycles. The van der Waals surface area contributed by atoms with E-state index in [1.807, 2.05) is 6.07 Å². The number of rotatable bonds is 5. The third-order valence-corrected chi connectivity index (χ3v) is 4.88. The van der Waals surface area contributed by atoms with E-state index < -0.39 is 0 Å². The fourth-order valence-electron chi connectivity index (χ4n) is 2.82. The maximum Gasteiger partial charge on any atom is 0.268 e. The topological polar surface area (TPSA) is 34.0 Å². The molecule has 0 atom stereocenters. The van der Waals surface area contributed by atoms with Gasteiger partial charge in [0.15, 0.2) is 0 Å². The predicted octanol–water partition coefficient (Wildman–Crippen LogP) is 4.74. The maximum atomic E-state index is 13.7. The summed E-state index contributed by atoms with van der Waals surface area (Å²) < 4.78 is 16.9. The Kier molecular flexibility index (Phi) is 4.71. The molecule has 3 aromatic rings. The van der Waals surface area contributed by atoms with Gasteiger partial charge in [0.1, 0.15) is 11.5 Å². The van der Waals surface area contributed by atoms with Crippen LogP contribution >= 0.6 is 11.3 Å². The molecule has 3 rings (SSSR count). The minimum Gasteiger partial charge on any atom is -0.347 e. The van der Waals surface area contributed by atoms with Crippen LogP contribution in [-0.2, 0) is 13.1 Å². The molecule has 0 aliphatic rings. The van der Waals surface area contributed by atoms with Crippen molar-refractivity contribution in [3.63, 3.8) is 0 Å². The highest BCUT2D eigenvalue weighted by Crippen LogP contribution is 2.29. The van der Waals surface area contributed by atoms with E-state index in [1.54, 1.807) is 29.5 Å². The second-order valence-corrected chi connectivity index (χ2v) is 7.70. The highest BCUT2D eigenvalue weighted by molar-refractivity contribution is 7.19. The molecule has 0 aliphatic heterocycles. The fourth-order valence-corrected chi connectivity index (χ4v) is 3.78. The lowest BCUT2D eigenvalue weighted by atomic mass is 10.2. The average molecular weight is 344 g/mol. The number of fused-ring (bicyclic) bond motifs is 1. The molecule has 1 amide bonds. The van der Waals surface area contributed by atoms with E-state index in [0.717, 1.165) is 16.8 Å². The molecule has 3 nitrogen and oxygen atoms in total. The summed E-state index contributed by atoms with van der Waals surface area (Å²) in [5, 5.41) is 2.84. The van der Waals surface area contributed by atoms with Gasteiger partial charge in [-0.05, 0) is 31.0 Å². The third kappa shape index (κ3) is 3.36. The Balaban J connectivity index is 1.86. The van der Waals surface area contributed by atoms with Crippen LogP contribution in [0.2, 0.25) is 0 Å². The van der Waals surface area contributed by atoms with E-state index in [4.69, 9.17) is 0 Å². The lowest BCUT2D eigenvalue weighted by Gasteiger charge is -2.13. The number of nitrogens with zero attached hydrogens (tertiary/aromatic N) is 1. The summed E-state index contributed by atoms with van der Waals surface area (Å²) in [6, 6.07) is 10.6. The van der Waals surface area contributed by atoms with Crippen LogP contribution in [0, 0.1) is 18.7 Å². The average Bonchev–Trinajstić information content (AvgIpc) is 3.03. The zero-order chi connectivity index (χ0) is 17.3. The molecule has 0 fully saturated rings. The van der Waals surface area contributed by atoms with E-state index >= 15 is 0 Å². The van der Waals surface area contributed by atoms with Crippen LogP contribution in [0.1, 0.15) is 34.8 Å². The van der Waals surface area contributed by atoms with Crippen LogP contribution in [0.15, 0.2) is 36.4 Å².